The molecule has 0 N–H and O–H groups in total. The monoisotopic (exact) mass is 181 g/mol. The third kappa shape index (κ3) is 1.85. The number of esters is 1. The molecular formula is C8H11N3O2. The molecule has 0 radical (unpaired) electrons. The fourth-order valence-electron chi connectivity index (χ4n) is 1.15. The molecule has 0 aromatic carbocycles. The van der Waals surface area contributed by atoms with Gasteiger partial charge in [0.25, 0.3) is 0 Å². The van der Waals surface area contributed by atoms with Crippen LogP contribution in [0, 0.1) is 5.92 Å². The lowest BCUT2D eigenvalue weighted by Crippen LogP contribution is -2.01. The molecule has 1 saturated carbocycles. The first-order chi connectivity index (χ1) is 6.29. The van der Waals surface area contributed by atoms with Gasteiger partial charge in [-0.05, 0) is 18.8 Å². The number of hydrogen-bond acceptors (Lipinski definition) is 4. The maximum atomic E-state index is 11.0. The zero-order chi connectivity index (χ0) is 9.26. The number of ether oxygens (including phenoxy) is 1. The molecule has 1 aromatic rings. The van der Waals surface area contributed by atoms with Gasteiger partial charge < -0.3 is 4.74 Å². The third-order valence-corrected chi connectivity index (χ3v) is 2.08. The Kier molecular flexibility index (Phi) is 2.00. The predicted molar refractivity (Wildman–Crippen MR) is 44.1 cm³/mol. The summed E-state index contributed by atoms with van der Waals surface area (Å²) in [7, 11) is 1.34. The third-order valence-electron chi connectivity index (χ3n) is 2.08. The molecule has 1 aliphatic carbocycles. The van der Waals surface area contributed by atoms with Gasteiger partial charge in [0.05, 0.1) is 13.3 Å². The Morgan fingerprint density at radius 3 is 3.15 bits per heavy atom. The zero-order valence-corrected chi connectivity index (χ0v) is 7.43. The second-order valence-electron chi connectivity index (χ2n) is 3.26. The summed E-state index contributed by atoms with van der Waals surface area (Å²) in [6.45, 7) is 0.865. The van der Waals surface area contributed by atoms with E-state index in [1.807, 2.05) is 0 Å². The van der Waals surface area contributed by atoms with Crippen molar-refractivity contribution in [1.29, 1.82) is 0 Å². The number of carbonyl (C=O) groups excluding carboxylic acids is 1. The lowest BCUT2D eigenvalue weighted by Gasteiger charge is -1.94. The van der Waals surface area contributed by atoms with E-state index in [0.717, 1.165) is 12.5 Å². The molecule has 1 aliphatic rings. The highest BCUT2D eigenvalue weighted by Crippen LogP contribution is 2.30. The van der Waals surface area contributed by atoms with E-state index in [1.165, 1.54) is 20.0 Å². The van der Waals surface area contributed by atoms with Crippen LogP contribution < -0.4 is 0 Å². The van der Waals surface area contributed by atoms with E-state index in [-0.39, 0.29) is 5.69 Å². The molecule has 1 fully saturated rings. The van der Waals surface area contributed by atoms with Crippen molar-refractivity contribution in [3.8, 4) is 0 Å². The number of rotatable bonds is 3. The maximum Gasteiger partial charge on any atom is 0.360 e. The van der Waals surface area contributed by atoms with Crippen LogP contribution in [0.25, 0.3) is 0 Å². The molecule has 5 heteroatoms. The second kappa shape index (κ2) is 3.16. The minimum Gasteiger partial charge on any atom is -0.464 e. The average Bonchev–Trinajstić information content (AvgIpc) is 2.81. The highest BCUT2D eigenvalue weighted by atomic mass is 16.5. The lowest BCUT2D eigenvalue weighted by atomic mass is 10.4. The van der Waals surface area contributed by atoms with E-state index in [1.54, 1.807) is 10.9 Å². The Morgan fingerprint density at radius 1 is 1.77 bits per heavy atom. The van der Waals surface area contributed by atoms with E-state index in [9.17, 15) is 4.79 Å². The minimum atomic E-state index is -0.429. The highest BCUT2D eigenvalue weighted by Gasteiger charge is 2.22. The van der Waals surface area contributed by atoms with E-state index < -0.39 is 5.97 Å². The van der Waals surface area contributed by atoms with Crippen molar-refractivity contribution in [2.75, 3.05) is 7.11 Å². The van der Waals surface area contributed by atoms with E-state index in [2.05, 4.69) is 15.0 Å². The molecule has 0 saturated heterocycles. The Bertz CT molecular complexity index is 317. The molecule has 70 valence electrons. The summed E-state index contributed by atoms with van der Waals surface area (Å²) in [6, 6.07) is 0. The first-order valence-corrected chi connectivity index (χ1v) is 4.28. The molecule has 1 aromatic heterocycles. The van der Waals surface area contributed by atoms with Crippen molar-refractivity contribution in [2.24, 2.45) is 5.92 Å². The topological polar surface area (TPSA) is 57.0 Å². The zero-order valence-electron chi connectivity index (χ0n) is 7.43. The van der Waals surface area contributed by atoms with Crippen LogP contribution in [0.2, 0.25) is 0 Å². The predicted octanol–water partition coefficient (Wildman–Crippen LogP) is 0.475. The van der Waals surface area contributed by atoms with Gasteiger partial charge in [-0.1, -0.05) is 5.21 Å². The SMILES string of the molecule is COC(=O)c1cn(CC2CC2)nn1. The normalized spacial score (nSPS) is 15.8. The molecule has 0 aliphatic heterocycles. The summed E-state index contributed by atoms with van der Waals surface area (Å²) in [5.74, 6) is 0.300. The van der Waals surface area contributed by atoms with Gasteiger partial charge in [-0.15, -0.1) is 5.10 Å². The molecule has 5 nitrogen and oxygen atoms in total. The van der Waals surface area contributed by atoms with Crippen molar-refractivity contribution in [3.05, 3.63) is 11.9 Å². The van der Waals surface area contributed by atoms with Gasteiger partial charge in [0.15, 0.2) is 5.69 Å². The van der Waals surface area contributed by atoms with Crippen LogP contribution in [-0.4, -0.2) is 28.1 Å². The van der Waals surface area contributed by atoms with Gasteiger partial charge in [0.1, 0.15) is 0 Å². The smallest absolute Gasteiger partial charge is 0.360 e. The van der Waals surface area contributed by atoms with Crippen molar-refractivity contribution >= 4 is 5.97 Å². The lowest BCUT2D eigenvalue weighted by molar-refractivity contribution is 0.0594. The summed E-state index contributed by atoms with van der Waals surface area (Å²) in [6.07, 6.45) is 4.14. The standard InChI is InChI=1S/C8H11N3O2/c1-13-8(12)7-5-11(10-9-7)4-6-2-3-6/h5-6H,2-4H2,1H3. The van der Waals surface area contributed by atoms with Crippen molar-refractivity contribution < 1.29 is 9.53 Å². The summed E-state index contributed by atoms with van der Waals surface area (Å²) in [4.78, 5) is 11.0. The minimum absolute atomic E-state index is 0.281. The van der Waals surface area contributed by atoms with E-state index >= 15 is 0 Å². The first kappa shape index (κ1) is 8.22. The number of aromatic nitrogens is 3. The number of hydrogen-bond donors (Lipinski definition) is 0. The number of methoxy groups -OCH3 is 1. The molecule has 0 unspecified atom stereocenters. The largest absolute Gasteiger partial charge is 0.464 e. The van der Waals surface area contributed by atoms with Gasteiger partial charge in [0, 0.05) is 6.54 Å². The maximum absolute atomic E-state index is 11.0. The summed E-state index contributed by atoms with van der Waals surface area (Å²) in [5, 5.41) is 7.54. The average molecular weight is 181 g/mol. The van der Waals surface area contributed by atoms with Crippen LogP contribution in [0.15, 0.2) is 6.20 Å². The number of carbonyl (C=O) groups is 1. The molecule has 0 amide bonds. The Balaban J connectivity index is 2.03. The fraction of sp³-hybridized carbons (Fsp3) is 0.625. The van der Waals surface area contributed by atoms with Gasteiger partial charge in [0.2, 0.25) is 0 Å². The molecule has 13 heavy (non-hydrogen) atoms. The van der Waals surface area contributed by atoms with Gasteiger partial charge in [-0.2, -0.15) is 0 Å². The van der Waals surface area contributed by atoms with E-state index in [4.69, 9.17) is 0 Å². The first-order valence-electron chi connectivity index (χ1n) is 4.28. The van der Waals surface area contributed by atoms with Crippen LogP contribution in [0.3, 0.4) is 0 Å². The van der Waals surface area contributed by atoms with Gasteiger partial charge in [-0.25, -0.2) is 4.79 Å². The van der Waals surface area contributed by atoms with Gasteiger partial charge >= 0.3 is 5.97 Å². The molecular weight excluding hydrogens is 170 g/mol. The molecule has 2 rings (SSSR count). The van der Waals surface area contributed by atoms with E-state index in [0.29, 0.717) is 0 Å². The fourth-order valence-corrected chi connectivity index (χ4v) is 1.15. The van der Waals surface area contributed by atoms with Crippen molar-refractivity contribution in [1.82, 2.24) is 15.0 Å². The Morgan fingerprint density at radius 2 is 2.54 bits per heavy atom. The van der Waals surface area contributed by atoms with Crippen LogP contribution in [0.5, 0.6) is 0 Å². The van der Waals surface area contributed by atoms with Gasteiger partial charge in [-0.3, -0.25) is 4.68 Å². The molecule has 0 bridgehead atoms. The van der Waals surface area contributed by atoms with Crippen LogP contribution in [0.4, 0.5) is 0 Å². The molecule has 1 heterocycles. The van der Waals surface area contributed by atoms with Crippen molar-refractivity contribution in [3.63, 3.8) is 0 Å². The van der Waals surface area contributed by atoms with Crippen molar-refractivity contribution in [2.45, 2.75) is 19.4 Å². The Labute approximate surface area is 75.7 Å². The van der Waals surface area contributed by atoms with Crippen LogP contribution >= 0.6 is 0 Å². The summed E-state index contributed by atoms with van der Waals surface area (Å²) in [5.41, 5.74) is 0.281. The quantitative estimate of drug-likeness (QED) is 0.636. The van der Waals surface area contributed by atoms with Crippen LogP contribution in [-0.2, 0) is 11.3 Å². The second-order valence-corrected chi connectivity index (χ2v) is 3.26. The Hall–Kier alpha value is -1.39. The molecule has 0 spiro atoms. The number of nitrogens with zero attached hydrogens (tertiary/aromatic N) is 3. The van der Waals surface area contributed by atoms with Crippen LogP contribution in [0.1, 0.15) is 23.3 Å². The summed E-state index contributed by atoms with van der Waals surface area (Å²) >= 11 is 0. The summed E-state index contributed by atoms with van der Waals surface area (Å²) < 4.78 is 6.21. The molecule has 0 atom stereocenters. The highest BCUT2D eigenvalue weighted by molar-refractivity contribution is 5.86.